The number of rotatable bonds is 3. The minimum atomic E-state index is -1.10. The highest BCUT2D eigenvalue weighted by atomic mass is 32.1. The quantitative estimate of drug-likeness (QED) is 0.511. The Balaban J connectivity index is 1.64. The summed E-state index contributed by atoms with van der Waals surface area (Å²) in [6.45, 7) is 1.46. The number of nitrogens with one attached hydrogen (secondary N) is 2. The number of hydroxylamine groups is 2. The monoisotopic (exact) mass is 332 g/mol. The minimum Gasteiger partial charge on any atom is -0.349 e. The Morgan fingerprint density at radius 3 is 3.00 bits per heavy atom. The van der Waals surface area contributed by atoms with Crippen molar-refractivity contribution < 1.29 is 18.3 Å². The van der Waals surface area contributed by atoms with E-state index in [4.69, 9.17) is 4.28 Å². The van der Waals surface area contributed by atoms with E-state index in [1.165, 1.54) is 9.96 Å². The molecule has 124 valence electrons. The number of amides is 3. The second-order valence-corrected chi connectivity index (χ2v) is 6.23. The van der Waals surface area contributed by atoms with Crippen molar-refractivity contribution in [3.05, 3.63) is 0 Å². The van der Waals surface area contributed by atoms with Crippen molar-refractivity contribution in [3.63, 3.8) is 0 Å². The summed E-state index contributed by atoms with van der Waals surface area (Å²) in [5.74, 6) is -0.276. The Morgan fingerprint density at radius 1 is 1.41 bits per heavy atom. The van der Waals surface area contributed by atoms with E-state index in [-0.39, 0.29) is 24.5 Å². The van der Waals surface area contributed by atoms with Crippen LogP contribution >= 0.6 is 12.9 Å². The van der Waals surface area contributed by atoms with E-state index < -0.39 is 18.3 Å². The summed E-state index contributed by atoms with van der Waals surface area (Å²) in [5.41, 5.74) is 0. The molecule has 0 unspecified atom stereocenters. The zero-order valence-corrected chi connectivity index (χ0v) is 13.1. The largest absolute Gasteiger partial charge is 0.349 e. The Bertz CT molecular complexity index is 455. The maximum absolute atomic E-state index is 14.0. The number of thiol groups is 1. The first-order valence-corrected chi connectivity index (χ1v) is 8.05. The molecule has 0 aliphatic carbocycles. The van der Waals surface area contributed by atoms with Crippen LogP contribution < -0.4 is 10.6 Å². The molecule has 2 bridgehead atoms. The molecule has 3 saturated heterocycles. The maximum atomic E-state index is 14.0. The van der Waals surface area contributed by atoms with Gasteiger partial charge in [0.2, 0.25) is 5.91 Å². The van der Waals surface area contributed by atoms with Crippen LogP contribution in [0.15, 0.2) is 0 Å². The molecule has 3 heterocycles. The van der Waals surface area contributed by atoms with E-state index in [1.807, 2.05) is 0 Å². The van der Waals surface area contributed by atoms with Crippen LogP contribution in [0.3, 0.4) is 0 Å². The van der Waals surface area contributed by atoms with Gasteiger partial charge in [0.15, 0.2) is 0 Å². The summed E-state index contributed by atoms with van der Waals surface area (Å²) in [6, 6.07) is -1.46. The first-order valence-electron chi connectivity index (χ1n) is 7.68. The number of urea groups is 1. The normalized spacial score (nSPS) is 35.5. The van der Waals surface area contributed by atoms with Crippen molar-refractivity contribution in [2.24, 2.45) is 0 Å². The van der Waals surface area contributed by atoms with Crippen LogP contribution in [0.4, 0.5) is 9.18 Å². The van der Waals surface area contributed by atoms with Gasteiger partial charge in [0.25, 0.3) is 0 Å². The van der Waals surface area contributed by atoms with Gasteiger partial charge < -0.3 is 15.5 Å². The van der Waals surface area contributed by atoms with Crippen molar-refractivity contribution >= 4 is 24.8 Å². The topological polar surface area (TPSA) is 73.9 Å². The van der Waals surface area contributed by atoms with Crippen LogP contribution in [0.25, 0.3) is 0 Å². The van der Waals surface area contributed by atoms with Crippen LogP contribution in [0.2, 0.25) is 0 Å². The van der Waals surface area contributed by atoms with E-state index >= 15 is 0 Å². The number of carbonyl (C=O) groups excluding carboxylic acids is 2. The second-order valence-electron chi connectivity index (χ2n) is 6.07. The average Bonchev–Trinajstić information content (AvgIpc) is 2.65. The number of carbonyl (C=O) groups is 2. The van der Waals surface area contributed by atoms with E-state index in [2.05, 4.69) is 23.5 Å². The van der Waals surface area contributed by atoms with Gasteiger partial charge in [-0.15, -0.1) is 0 Å². The Labute approximate surface area is 134 Å². The molecule has 4 atom stereocenters. The lowest BCUT2D eigenvalue weighted by Gasteiger charge is -2.31. The highest BCUT2D eigenvalue weighted by Crippen LogP contribution is 2.30. The van der Waals surface area contributed by atoms with Crippen LogP contribution in [0.5, 0.6) is 0 Å². The summed E-state index contributed by atoms with van der Waals surface area (Å²) in [5, 5.41) is 6.99. The molecule has 3 fully saturated rings. The molecule has 3 aliphatic rings. The predicted molar refractivity (Wildman–Crippen MR) is 79.8 cm³/mol. The lowest BCUT2D eigenvalue weighted by molar-refractivity contribution is -0.127. The van der Waals surface area contributed by atoms with Crippen molar-refractivity contribution in [2.75, 3.05) is 19.6 Å². The molecule has 2 N–H and O–H groups in total. The molecule has 0 aromatic heterocycles. The van der Waals surface area contributed by atoms with Crippen LogP contribution in [0, 0.1) is 0 Å². The van der Waals surface area contributed by atoms with Crippen molar-refractivity contribution in [1.82, 2.24) is 20.6 Å². The van der Waals surface area contributed by atoms with Gasteiger partial charge in [0.1, 0.15) is 12.2 Å². The molecule has 0 aromatic carbocycles. The fourth-order valence-electron chi connectivity index (χ4n) is 3.46. The van der Waals surface area contributed by atoms with E-state index in [1.54, 1.807) is 0 Å². The fourth-order valence-corrected chi connectivity index (χ4v) is 3.67. The third kappa shape index (κ3) is 2.89. The van der Waals surface area contributed by atoms with Gasteiger partial charge in [0, 0.05) is 26.0 Å². The number of hydrogen-bond donors (Lipinski definition) is 3. The molecule has 9 heteroatoms. The first kappa shape index (κ1) is 15.8. The summed E-state index contributed by atoms with van der Waals surface area (Å²) in [4.78, 5) is 26.1. The Kier molecular flexibility index (Phi) is 4.74. The molecule has 3 amide bonds. The zero-order chi connectivity index (χ0) is 15.7. The molecule has 0 aromatic rings. The highest BCUT2D eigenvalue weighted by Gasteiger charge is 2.48. The number of piperidine rings is 1. The molecule has 3 rings (SSSR count). The molecule has 0 saturated carbocycles. The third-order valence-corrected chi connectivity index (χ3v) is 4.86. The molecule has 22 heavy (non-hydrogen) atoms. The zero-order valence-electron chi connectivity index (χ0n) is 12.2. The molecule has 3 aliphatic heterocycles. The van der Waals surface area contributed by atoms with Gasteiger partial charge in [-0.05, 0) is 32.2 Å². The maximum Gasteiger partial charge on any atom is 0.345 e. The molecular formula is C13H21FN4O3S. The molecular weight excluding hydrogens is 311 g/mol. The Morgan fingerprint density at radius 2 is 2.23 bits per heavy atom. The lowest BCUT2D eigenvalue weighted by Crippen LogP contribution is -2.54. The smallest absolute Gasteiger partial charge is 0.345 e. The van der Waals surface area contributed by atoms with E-state index in [0.717, 1.165) is 13.0 Å². The number of hydrogen-bond acceptors (Lipinski definition) is 5. The standard InChI is InChI=1S/C13H21FN4O3S/c14-9-6-15-5-1-2-10(9)16-12(19)11-4-3-8-7-17(11)13(20)18(8)21-22/h8-11,15,22H,1-7H2,(H,16,19)/t8-,9-,10-,11+/m1/s1. The predicted octanol–water partition coefficient (Wildman–Crippen LogP) is 0.238. The van der Waals surface area contributed by atoms with Gasteiger partial charge in [0.05, 0.1) is 12.1 Å². The van der Waals surface area contributed by atoms with Gasteiger partial charge >= 0.3 is 6.03 Å². The van der Waals surface area contributed by atoms with Crippen molar-refractivity contribution in [3.8, 4) is 0 Å². The van der Waals surface area contributed by atoms with Gasteiger partial charge in [-0.3, -0.25) is 4.79 Å². The van der Waals surface area contributed by atoms with Crippen LogP contribution in [0.1, 0.15) is 25.7 Å². The summed E-state index contributed by atoms with van der Waals surface area (Å²) in [6.07, 6.45) is 1.55. The minimum absolute atomic E-state index is 0.0648. The van der Waals surface area contributed by atoms with Crippen molar-refractivity contribution in [1.29, 1.82) is 0 Å². The summed E-state index contributed by atoms with van der Waals surface area (Å²) >= 11 is 3.69. The van der Waals surface area contributed by atoms with E-state index in [0.29, 0.717) is 25.8 Å². The first-order chi connectivity index (χ1) is 10.6. The number of alkyl halides is 1. The molecule has 0 radical (unpaired) electrons. The number of nitrogens with zero attached hydrogens (tertiary/aromatic N) is 2. The third-order valence-electron chi connectivity index (χ3n) is 4.69. The van der Waals surface area contributed by atoms with Crippen molar-refractivity contribution in [2.45, 2.75) is 50.0 Å². The summed E-state index contributed by atoms with van der Waals surface area (Å²) in [7, 11) is 0. The summed E-state index contributed by atoms with van der Waals surface area (Å²) < 4.78 is 18.8. The Hall–Kier alpha value is -1.06. The number of halogens is 1. The molecule has 0 spiro atoms. The van der Waals surface area contributed by atoms with Gasteiger partial charge in [-0.25, -0.2) is 13.5 Å². The fraction of sp³-hybridized carbons (Fsp3) is 0.846. The van der Waals surface area contributed by atoms with Gasteiger partial charge in [-0.2, -0.15) is 5.06 Å². The SMILES string of the molecule is O=C(N[C@@H]1CCCNC[C@H]1F)[C@@H]1CC[C@@H]2CN1C(=O)N2OS. The van der Waals surface area contributed by atoms with Gasteiger partial charge in [-0.1, -0.05) is 0 Å². The lowest BCUT2D eigenvalue weighted by atomic mass is 9.99. The number of fused-ring (bicyclic) bond motifs is 2. The average molecular weight is 332 g/mol. The highest BCUT2D eigenvalue weighted by molar-refractivity contribution is 7.75. The van der Waals surface area contributed by atoms with Crippen LogP contribution in [-0.4, -0.2) is 65.8 Å². The molecule has 7 nitrogen and oxygen atoms in total. The van der Waals surface area contributed by atoms with E-state index in [9.17, 15) is 14.0 Å². The van der Waals surface area contributed by atoms with Crippen LogP contribution in [-0.2, 0) is 9.08 Å². The second kappa shape index (κ2) is 6.59.